The predicted molar refractivity (Wildman–Crippen MR) is 64.3 cm³/mol. The molecule has 0 saturated carbocycles. The number of unbranched alkanes of at least 4 members (excludes halogenated alkanes) is 1. The third-order valence-corrected chi connectivity index (χ3v) is 2.54. The number of aromatic nitrogens is 1. The number of amides is 1. The number of pyridine rings is 1. The molecule has 15 heavy (non-hydrogen) atoms. The van der Waals surface area contributed by atoms with Crippen molar-refractivity contribution >= 4 is 21.8 Å². The van der Waals surface area contributed by atoms with Crippen molar-refractivity contribution in [1.82, 2.24) is 10.3 Å². The number of hydrogen-bond acceptors (Lipinski definition) is 2. The highest BCUT2D eigenvalue weighted by Crippen LogP contribution is 2.01. The van der Waals surface area contributed by atoms with Crippen LogP contribution in [-0.4, -0.2) is 22.8 Å². The van der Waals surface area contributed by atoms with Gasteiger partial charge in [-0.1, -0.05) is 15.9 Å². The number of aryl methyl sites for hydroxylation is 1. The van der Waals surface area contributed by atoms with Gasteiger partial charge in [0.25, 0.3) is 5.91 Å². The van der Waals surface area contributed by atoms with Crippen LogP contribution in [-0.2, 0) is 0 Å². The second-order valence-electron chi connectivity index (χ2n) is 3.40. The molecule has 0 bridgehead atoms. The van der Waals surface area contributed by atoms with Gasteiger partial charge in [0.2, 0.25) is 0 Å². The van der Waals surface area contributed by atoms with Crippen LogP contribution in [0, 0.1) is 6.92 Å². The number of nitrogens with zero attached hydrogens (tertiary/aromatic N) is 1. The minimum absolute atomic E-state index is 0.0410. The van der Waals surface area contributed by atoms with E-state index in [1.165, 1.54) is 0 Å². The van der Waals surface area contributed by atoms with Gasteiger partial charge in [-0.25, -0.2) is 0 Å². The van der Waals surface area contributed by atoms with E-state index in [0.717, 1.165) is 30.3 Å². The molecule has 0 aliphatic rings. The maximum atomic E-state index is 11.6. The Labute approximate surface area is 98.4 Å². The van der Waals surface area contributed by atoms with Crippen LogP contribution in [0.5, 0.6) is 0 Å². The van der Waals surface area contributed by atoms with Crippen molar-refractivity contribution in [1.29, 1.82) is 0 Å². The number of carbonyl (C=O) groups excluding carboxylic acids is 1. The fourth-order valence-electron chi connectivity index (χ4n) is 1.20. The molecule has 1 aromatic heterocycles. The molecule has 1 aromatic rings. The lowest BCUT2D eigenvalue weighted by molar-refractivity contribution is 0.0952. The lowest BCUT2D eigenvalue weighted by Gasteiger charge is -2.04. The van der Waals surface area contributed by atoms with Gasteiger partial charge in [0.05, 0.1) is 5.56 Å². The van der Waals surface area contributed by atoms with Crippen LogP contribution in [0.3, 0.4) is 0 Å². The number of rotatable bonds is 5. The molecule has 1 rings (SSSR count). The second kappa shape index (κ2) is 6.56. The van der Waals surface area contributed by atoms with E-state index in [2.05, 4.69) is 26.2 Å². The summed E-state index contributed by atoms with van der Waals surface area (Å²) in [5.74, 6) is -0.0410. The van der Waals surface area contributed by atoms with Crippen LogP contribution in [0.2, 0.25) is 0 Å². The quantitative estimate of drug-likeness (QED) is 0.659. The molecule has 0 unspecified atom stereocenters. The van der Waals surface area contributed by atoms with Gasteiger partial charge in [-0.2, -0.15) is 0 Å². The van der Waals surface area contributed by atoms with Crippen LogP contribution >= 0.6 is 15.9 Å². The summed E-state index contributed by atoms with van der Waals surface area (Å²) in [6.45, 7) is 2.65. The normalized spacial score (nSPS) is 10.0. The lowest BCUT2D eigenvalue weighted by Crippen LogP contribution is -2.24. The number of halogens is 1. The average Bonchev–Trinajstić information content (AvgIpc) is 2.24. The number of carbonyl (C=O) groups is 1. The first-order valence-electron chi connectivity index (χ1n) is 5.00. The molecule has 1 amide bonds. The van der Waals surface area contributed by atoms with Gasteiger partial charge in [-0.15, -0.1) is 0 Å². The van der Waals surface area contributed by atoms with Crippen molar-refractivity contribution < 1.29 is 4.79 Å². The van der Waals surface area contributed by atoms with Gasteiger partial charge in [-0.05, 0) is 31.4 Å². The summed E-state index contributed by atoms with van der Waals surface area (Å²) in [5, 5.41) is 3.84. The highest BCUT2D eigenvalue weighted by molar-refractivity contribution is 9.09. The zero-order chi connectivity index (χ0) is 11.1. The predicted octanol–water partition coefficient (Wildman–Crippen LogP) is 2.29. The third-order valence-electron chi connectivity index (χ3n) is 1.98. The molecule has 3 nitrogen and oxygen atoms in total. The average molecular weight is 271 g/mol. The van der Waals surface area contributed by atoms with Crippen molar-refractivity contribution in [3.63, 3.8) is 0 Å². The number of hydrogen-bond donors (Lipinski definition) is 1. The Morgan fingerprint density at radius 1 is 1.47 bits per heavy atom. The molecule has 0 radical (unpaired) electrons. The van der Waals surface area contributed by atoms with E-state index in [0.29, 0.717) is 5.56 Å². The van der Waals surface area contributed by atoms with Crippen LogP contribution in [0.1, 0.15) is 28.8 Å². The Hall–Kier alpha value is -0.900. The molecular formula is C11H15BrN2O. The summed E-state index contributed by atoms with van der Waals surface area (Å²) in [6, 6.07) is 1.84. The highest BCUT2D eigenvalue weighted by atomic mass is 79.9. The fourth-order valence-corrected chi connectivity index (χ4v) is 1.60. The minimum Gasteiger partial charge on any atom is -0.352 e. The van der Waals surface area contributed by atoms with Gasteiger partial charge in [0.15, 0.2) is 0 Å². The van der Waals surface area contributed by atoms with E-state index in [1.807, 2.05) is 13.0 Å². The molecule has 0 fully saturated rings. The zero-order valence-corrected chi connectivity index (χ0v) is 10.4. The molecule has 0 aliphatic carbocycles. The topological polar surface area (TPSA) is 42.0 Å². The van der Waals surface area contributed by atoms with E-state index < -0.39 is 0 Å². The minimum atomic E-state index is -0.0410. The molecule has 0 spiro atoms. The summed E-state index contributed by atoms with van der Waals surface area (Å²) in [6.07, 6.45) is 5.40. The van der Waals surface area contributed by atoms with E-state index in [-0.39, 0.29) is 5.91 Å². The molecule has 0 saturated heterocycles. The standard InChI is InChI=1S/C11H15BrN2O/c1-9-6-10(8-13-7-9)11(15)14-5-3-2-4-12/h6-8H,2-5H2,1H3,(H,14,15). The van der Waals surface area contributed by atoms with Crippen molar-refractivity contribution in [2.45, 2.75) is 19.8 Å². The Bertz CT molecular complexity index is 328. The monoisotopic (exact) mass is 270 g/mol. The third kappa shape index (κ3) is 4.42. The number of alkyl halides is 1. The summed E-state index contributed by atoms with van der Waals surface area (Å²) in [4.78, 5) is 15.6. The molecule has 1 N–H and O–H groups in total. The molecular weight excluding hydrogens is 256 g/mol. The largest absolute Gasteiger partial charge is 0.352 e. The smallest absolute Gasteiger partial charge is 0.252 e. The van der Waals surface area contributed by atoms with Gasteiger partial charge in [-0.3, -0.25) is 9.78 Å². The summed E-state index contributed by atoms with van der Waals surface area (Å²) in [7, 11) is 0. The highest BCUT2D eigenvalue weighted by Gasteiger charge is 2.04. The fraction of sp³-hybridized carbons (Fsp3) is 0.455. The molecule has 0 aliphatic heterocycles. The van der Waals surface area contributed by atoms with Crippen LogP contribution < -0.4 is 5.32 Å². The first kappa shape index (κ1) is 12.2. The van der Waals surface area contributed by atoms with Crippen molar-refractivity contribution in [2.75, 3.05) is 11.9 Å². The molecule has 4 heteroatoms. The Morgan fingerprint density at radius 3 is 2.93 bits per heavy atom. The summed E-state index contributed by atoms with van der Waals surface area (Å²) >= 11 is 3.35. The molecule has 0 aromatic carbocycles. The maximum absolute atomic E-state index is 11.6. The Kier molecular flexibility index (Phi) is 5.32. The van der Waals surface area contributed by atoms with Gasteiger partial charge in [0.1, 0.15) is 0 Å². The number of nitrogens with one attached hydrogen (secondary N) is 1. The van der Waals surface area contributed by atoms with Crippen LogP contribution in [0.25, 0.3) is 0 Å². The van der Waals surface area contributed by atoms with Crippen molar-refractivity contribution in [3.8, 4) is 0 Å². The lowest BCUT2D eigenvalue weighted by atomic mass is 10.2. The molecule has 82 valence electrons. The van der Waals surface area contributed by atoms with Gasteiger partial charge in [0, 0.05) is 24.3 Å². The Balaban J connectivity index is 2.40. The van der Waals surface area contributed by atoms with Crippen LogP contribution in [0.4, 0.5) is 0 Å². The van der Waals surface area contributed by atoms with Crippen LogP contribution in [0.15, 0.2) is 18.5 Å². The van der Waals surface area contributed by atoms with E-state index in [9.17, 15) is 4.79 Å². The van der Waals surface area contributed by atoms with E-state index in [4.69, 9.17) is 0 Å². The summed E-state index contributed by atoms with van der Waals surface area (Å²) in [5.41, 5.74) is 1.64. The summed E-state index contributed by atoms with van der Waals surface area (Å²) < 4.78 is 0. The second-order valence-corrected chi connectivity index (χ2v) is 4.20. The first-order chi connectivity index (χ1) is 7.24. The van der Waals surface area contributed by atoms with Crippen molar-refractivity contribution in [3.05, 3.63) is 29.6 Å². The zero-order valence-electron chi connectivity index (χ0n) is 8.79. The van der Waals surface area contributed by atoms with E-state index >= 15 is 0 Å². The van der Waals surface area contributed by atoms with Gasteiger partial charge < -0.3 is 5.32 Å². The van der Waals surface area contributed by atoms with E-state index in [1.54, 1.807) is 12.4 Å². The SMILES string of the molecule is Cc1cncc(C(=O)NCCCCBr)c1. The first-order valence-corrected chi connectivity index (χ1v) is 6.12. The Morgan fingerprint density at radius 2 is 2.27 bits per heavy atom. The van der Waals surface area contributed by atoms with Gasteiger partial charge >= 0.3 is 0 Å². The molecule has 1 heterocycles. The maximum Gasteiger partial charge on any atom is 0.252 e. The molecule has 0 atom stereocenters. The van der Waals surface area contributed by atoms with Crippen molar-refractivity contribution in [2.24, 2.45) is 0 Å².